The van der Waals surface area contributed by atoms with Crippen LogP contribution in [0.3, 0.4) is 0 Å². The Morgan fingerprint density at radius 2 is 2.14 bits per heavy atom. The zero-order valence-electron chi connectivity index (χ0n) is 12.5. The van der Waals surface area contributed by atoms with Crippen molar-refractivity contribution < 1.29 is 9.59 Å². The molecule has 0 aliphatic heterocycles. The van der Waals surface area contributed by atoms with Crippen LogP contribution in [0, 0.1) is 17.2 Å². The second-order valence-corrected chi connectivity index (χ2v) is 6.57. The third-order valence-corrected chi connectivity index (χ3v) is 4.87. The Bertz CT molecular complexity index is 530. The van der Waals surface area contributed by atoms with Crippen LogP contribution < -0.4 is 10.6 Å². The standard InChI is InChI=1S/C16H21N3O2S/c17-8-9-18-15(20)13(11-12-5-2-1-3-6-12)19-16(21)14-7-4-10-22-14/h4,7,10,12-13H,1-3,5-6,9,11H2,(H,18,20)(H,19,21)/t13-/m0/s1. The van der Waals surface area contributed by atoms with Crippen molar-refractivity contribution in [3.8, 4) is 6.07 Å². The molecule has 1 saturated carbocycles. The molecule has 2 amide bonds. The van der Waals surface area contributed by atoms with Gasteiger partial charge in [-0.25, -0.2) is 0 Å². The highest BCUT2D eigenvalue weighted by Gasteiger charge is 2.26. The average molecular weight is 319 g/mol. The zero-order chi connectivity index (χ0) is 15.8. The molecule has 0 unspecified atom stereocenters. The summed E-state index contributed by atoms with van der Waals surface area (Å²) < 4.78 is 0. The summed E-state index contributed by atoms with van der Waals surface area (Å²) in [5, 5.41) is 15.8. The number of rotatable bonds is 6. The number of nitrogens with zero attached hydrogens (tertiary/aromatic N) is 1. The van der Waals surface area contributed by atoms with E-state index in [-0.39, 0.29) is 18.4 Å². The van der Waals surface area contributed by atoms with E-state index in [9.17, 15) is 9.59 Å². The van der Waals surface area contributed by atoms with Gasteiger partial charge in [0.05, 0.1) is 10.9 Å². The Balaban J connectivity index is 1.98. The van der Waals surface area contributed by atoms with E-state index >= 15 is 0 Å². The molecule has 1 aliphatic carbocycles. The molecule has 0 spiro atoms. The van der Waals surface area contributed by atoms with Gasteiger partial charge in [-0.05, 0) is 23.8 Å². The fourth-order valence-corrected chi connectivity index (χ4v) is 3.50. The average Bonchev–Trinajstić information content (AvgIpc) is 3.07. The first-order valence-corrected chi connectivity index (χ1v) is 8.57. The molecule has 118 valence electrons. The van der Waals surface area contributed by atoms with Crippen LogP contribution in [0.1, 0.15) is 48.2 Å². The van der Waals surface area contributed by atoms with Crippen molar-refractivity contribution in [2.75, 3.05) is 6.54 Å². The van der Waals surface area contributed by atoms with Crippen LogP contribution in [0.2, 0.25) is 0 Å². The summed E-state index contributed by atoms with van der Waals surface area (Å²) in [7, 11) is 0. The quantitative estimate of drug-likeness (QED) is 0.790. The maximum Gasteiger partial charge on any atom is 0.261 e. The van der Waals surface area contributed by atoms with Crippen molar-refractivity contribution in [1.82, 2.24) is 10.6 Å². The second-order valence-electron chi connectivity index (χ2n) is 5.62. The van der Waals surface area contributed by atoms with E-state index in [1.165, 1.54) is 30.6 Å². The molecule has 5 nitrogen and oxygen atoms in total. The summed E-state index contributed by atoms with van der Waals surface area (Å²) >= 11 is 1.35. The maximum absolute atomic E-state index is 12.2. The number of carbonyl (C=O) groups is 2. The molecule has 1 fully saturated rings. The number of nitrogens with one attached hydrogen (secondary N) is 2. The van der Waals surface area contributed by atoms with Gasteiger partial charge < -0.3 is 10.6 Å². The van der Waals surface area contributed by atoms with Crippen LogP contribution in [0.4, 0.5) is 0 Å². The number of nitriles is 1. The highest BCUT2D eigenvalue weighted by molar-refractivity contribution is 7.12. The molecule has 0 saturated heterocycles. The zero-order valence-corrected chi connectivity index (χ0v) is 13.3. The molecule has 1 aliphatic rings. The van der Waals surface area contributed by atoms with Crippen molar-refractivity contribution in [3.05, 3.63) is 22.4 Å². The molecule has 1 heterocycles. The molecule has 22 heavy (non-hydrogen) atoms. The van der Waals surface area contributed by atoms with Crippen LogP contribution in [-0.2, 0) is 4.79 Å². The van der Waals surface area contributed by atoms with Gasteiger partial charge in [-0.3, -0.25) is 9.59 Å². The molecular formula is C16H21N3O2S. The molecule has 1 atom stereocenters. The van der Waals surface area contributed by atoms with Crippen LogP contribution in [0.25, 0.3) is 0 Å². The summed E-state index contributed by atoms with van der Waals surface area (Å²) in [6.07, 6.45) is 6.50. The van der Waals surface area contributed by atoms with Gasteiger partial charge in [-0.15, -0.1) is 11.3 Å². The van der Waals surface area contributed by atoms with Crippen molar-refractivity contribution in [2.24, 2.45) is 5.92 Å². The molecule has 0 bridgehead atoms. The van der Waals surface area contributed by atoms with Crippen LogP contribution in [0.15, 0.2) is 17.5 Å². The Kier molecular flexibility index (Phi) is 6.41. The lowest BCUT2D eigenvalue weighted by atomic mass is 9.84. The molecule has 2 rings (SSSR count). The highest BCUT2D eigenvalue weighted by Crippen LogP contribution is 2.27. The first kappa shape index (κ1) is 16.5. The van der Waals surface area contributed by atoms with E-state index in [1.54, 1.807) is 6.07 Å². The largest absolute Gasteiger partial charge is 0.341 e. The lowest BCUT2D eigenvalue weighted by molar-refractivity contribution is -0.123. The molecular weight excluding hydrogens is 298 g/mol. The van der Waals surface area contributed by atoms with E-state index in [1.807, 2.05) is 17.5 Å². The van der Waals surface area contributed by atoms with Crippen LogP contribution in [0.5, 0.6) is 0 Å². The van der Waals surface area contributed by atoms with Gasteiger partial charge in [0, 0.05) is 0 Å². The van der Waals surface area contributed by atoms with E-state index in [0.717, 1.165) is 12.8 Å². The van der Waals surface area contributed by atoms with E-state index in [0.29, 0.717) is 17.2 Å². The summed E-state index contributed by atoms with van der Waals surface area (Å²) in [5.74, 6) is -0.0184. The summed E-state index contributed by atoms with van der Waals surface area (Å²) in [4.78, 5) is 25.0. The topological polar surface area (TPSA) is 82.0 Å². The minimum atomic E-state index is -0.564. The predicted octanol–water partition coefficient (Wildman–Crippen LogP) is 2.46. The maximum atomic E-state index is 12.2. The normalized spacial score (nSPS) is 16.5. The van der Waals surface area contributed by atoms with Gasteiger partial charge in [0.15, 0.2) is 0 Å². The first-order valence-electron chi connectivity index (χ1n) is 7.69. The molecule has 6 heteroatoms. The molecule has 0 radical (unpaired) electrons. The Morgan fingerprint density at radius 3 is 2.77 bits per heavy atom. The van der Waals surface area contributed by atoms with E-state index < -0.39 is 6.04 Å². The molecule has 2 N–H and O–H groups in total. The van der Waals surface area contributed by atoms with E-state index in [4.69, 9.17) is 5.26 Å². The van der Waals surface area contributed by atoms with Crippen LogP contribution >= 0.6 is 11.3 Å². The number of carbonyl (C=O) groups excluding carboxylic acids is 2. The number of hydrogen-bond acceptors (Lipinski definition) is 4. The van der Waals surface area contributed by atoms with Crippen molar-refractivity contribution >= 4 is 23.2 Å². The summed E-state index contributed by atoms with van der Waals surface area (Å²) in [5.41, 5.74) is 0. The lowest BCUT2D eigenvalue weighted by Gasteiger charge is -2.26. The van der Waals surface area contributed by atoms with Gasteiger partial charge >= 0.3 is 0 Å². The molecule has 1 aromatic heterocycles. The SMILES string of the molecule is N#CCNC(=O)[C@H](CC1CCCCC1)NC(=O)c1cccs1. The number of hydrogen-bond donors (Lipinski definition) is 2. The fourth-order valence-electron chi connectivity index (χ4n) is 2.87. The van der Waals surface area contributed by atoms with Gasteiger partial charge in [-0.1, -0.05) is 38.2 Å². The summed E-state index contributed by atoms with van der Waals surface area (Å²) in [6, 6.07) is 4.88. The van der Waals surface area contributed by atoms with Crippen molar-refractivity contribution in [3.63, 3.8) is 0 Å². The second kappa shape index (κ2) is 8.54. The Hall–Kier alpha value is -1.87. The summed E-state index contributed by atoms with van der Waals surface area (Å²) in [6.45, 7) is -0.0329. The highest BCUT2D eigenvalue weighted by atomic mass is 32.1. The van der Waals surface area contributed by atoms with Gasteiger partial charge in [0.1, 0.15) is 12.6 Å². The Morgan fingerprint density at radius 1 is 1.36 bits per heavy atom. The van der Waals surface area contributed by atoms with Gasteiger partial charge in [-0.2, -0.15) is 5.26 Å². The monoisotopic (exact) mass is 319 g/mol. The van der Waals surface area contributed by atoms with Crippen molar-refractivity contribution in [1.29, 1.82) is 5.26 Å². The third kappa shape index (κ3) is 4.85. The van der Waals surface area contributed by atoms with E-state index in [2.05, 4.69) is 10.6 Å². The van der Waals surface area contributed by atoms with Crippen LogP contribution in [-0.4, -0.2) is 24.4 Å². The molecule has 0 aromatic carbocycles. The van der Waals surface area contributed by atoms with Crippen molar-refractivity contribution in [2.45, 2.75) is 44.6 Å². The minimum Gasteiger partial charge on any atom is -0.341 e. The third-order valence-electron chi connectivity index (χ3n) is 4.00. The molecule has 1 aromatic rings. The van der Waals surface area contributed by atoms with Gasteiger partial charge in [0.25, 0.3) is 5.91 Å². The van der Waals surface area contributed by atoms with Gasteiger partial charge in [0.2, 0.25) is 5.91 Å². The fraction of sp³-hybridized carbons (Fsp3) is 0.562. The number of amides is 2. The smallest absolute Gasteiger partial charge is 0.261 e. The first-order chi connectivity index (χ1) is 10.7. The minimum absolute atomic E-state index is 0.0329. The lowest BCUT2D eigenvalue weighted by Crippen LogP contribution is -2.47. The number of thiophene rings is 1. The predicted molar refractivity (Wildman–Crippen MR) is 85.4 cm³/mol. The Labute approximate surface area is 134 Å².